The number of anilines is 1. The Morgan fingerprint density at radius 3 is 2.44 bits per heavy atom. The molecule has 0 saturated heterocycles. The molecule has 134 valence electrons. The average Bonchev–Trinajstić information content (AvgIpc) is 3.03. The van der Waals surface area contributed by atoms with E-state index < -0.39 is 17.5 Å². The number of H-pyrrole nitrogens is 1. The molecule has 2 N–H and O–H groups in total. The zero-order valence-electron chi connectivity index (χ0n) is 13.8. The van der Waals surface area contributed by atoms with Gasteiger partial charge >= 0.3 is 0 Å². The fourth-order valence-corrected chi connectivity index (χ4v) is 2.81. The number of carbonyl (C=O) groups excluding carboxylic acids is 1. The van der Waals surface area contributed by atoms with Crippen molar-refractivity contribution in [2.45, 2.75) is 0 Å². The molecule has 3 aromatic carbocycles. The van der Waals surface area contributed by atoms with Gasteiger partial charge in [-0.25, -0.2) is 13.2 Å². The zero-order chi connectivity index (χ0) is 19.0. The molecule has 0 unspecified atom stereocenters. The van der Waals surface area contributed by atoms with Gasteiger partial charge in [-0.05, 0) is 47.5 Å². The smallest absolute Gasteiger partial charge is 0.259 e. The van der Waals surface area contributed by atoms with E-state index in [0.717, 1.165) is 17.7 Å². The van der Waals surface area contributed by atoms with Crippen LogP contribution in [0.25, 0.3) is 22.0 Å². The van der Waals surface area contributed by atoms with Crippen molar-refractivity contribution in [3.05, 3.63) is 83.7 Å². The molecule has 4 nitrogen and oxygen atoms in total. The van der Waals surface area contributed by atoms with Gasteiger partial charge in [-0.15, -0.1) is 0 Å². The highest BCUT2D eigenvalue weighted by Gasteiger charge is 2.16. The number of fused-ring (bicyclic) bond motifs is 1. The van der Waals surface area contributed by atoms with E-state index in [4.69, 9.17) is 0 Å². The van der Waals surface area contributed by atoms with Crippen LogP contribution < -0.4 is 5.32 Å². The zero-order valence-corrected chi connectivity index (χ0v) is 13.8. The van der Waals surface area contributed by atoms with Crippen molar-refractivity contribution in [3.8, 4) is 11.1 Å². The van der Waals surface area contributed by atoms with Gasteiger partial charge in [-0.3, -0.25) is 9.89 Å². The lowest BCUT2D eigenvalue weighted by Crippen LogP contribution is -2.14. The first-order valence-electron chi connectivity index (χ1n) is 8.02. The number of benzene rings is 3. The maximum atomic E-state index is 13.8. The Kier molecular flexibility index (Phi) is 4.12. The highest BCUT2D eigenvalue weighted by Crippen LogP contribution is 2.27. The summed E-state index contributed by atoms with van der Waals surface area (Å²) in [5, 5.41) is 9.92. The van der Waals surface area contributed by atoms with E-state index in [-0.39, 0.29) is 17.2 Å². The number of amides is 1. The summed E-state index contributed by atoms with van der Waals surface area (Å²) in [7, 11) is 0. The third kappa shape index (κ3) is 3.27. The van der Waals surface area contributed by atoms with Crippen molar-refractivity contribution in [2.24, 2.45) is 0 Å². The SMILES string of the molecule is O=C(Nc1n[nH]c2cc(-c3cccc(F)c3)ccc12)c1ccc(F)cc1F. The van der Waals surface area contributed by atoms with Crippen molar-refractivity contribution in [1.29, 1.82) is 0 Å². The van der Waals surface area contributed by atoms with Crippen LogP contribution >= 0.6 is 0 Å². The van der Waals surface area contributed by atoms with E-state index in [0.29, 0.717) is 22.5 Å². The van der Waals surface area contributed by atoms with E-state index in [1.165, 1.54) is 12.1 Å². The van der Waals surface area contributed by atoms with Gasteiger partial charge in [-0.1, -0.05) is 18.2 Å². The first kappa shape index (κ1) is 16.8. The highest BCUT2D eigenvalue weighted by molar-refractivity contribution is 6.08. The molecule has 1 amide bonds. The molecular formula is C20H12F3N3O. The first-order valence-corrected chi connectivity index (χ1v) is 8.02. The van der Waals surface area contributed by atoms with Crippen LogP contribution in [0.3, 0.4) is 0 Å². The standard InChI is InChI=1S/C20H12F3N3O/c21-13-3-1-2-11(8-13)12-4-6-16-18(9-12)25-26-19(16)24-20(27)15-7-5-14(22)10-17(15)23/h1-10H,(H2,24,25,26,27). The molecular weight excluding hydrogens is 355 g/mol. The number of hydrogen-bond acceptors (Lipinski definition) is 2. The largest absolute Gasteiger partial charge is 0.304 e. The lowest BCUT2D eigenvalue weighted by atomic mass is 10.0. The fraction of sp³-hybridized carbons (Fsp3) is 0. The Hall–Kier alpha value is -3.61. The predicted octanol–water partition coefficient (Wildman–Crippen LogP) is 4.90. The molecule has 7 heteroatoms. The third-order valence-corrected chi connectivity index (χ3v) is 4.13. The maximum Gasteiger partial charge on any atom is 0.259 e. The van der Waals surface area contributed by atoms with E-state index in [1.54, 1.807) is 30.3 Å². The summed E-state index contributed by atoms with van der Waals surface area (Å²) in [4.78, 5) is 12.2. The average molecular weight is 367 g/mol. The second kappa shape index (κ2) is 6.60. The molecule has 0 aliphatic carbocycles. The summed E-state index contributed by atoms with van der Waals surface area (Å²) in [6, 6.07) is 14.1. The maximum absolute atomic E-state index is 13.8. The summed E-state index contributed by atoms with van der Waals surface area (Å²) in [6.07, 6.45) is 0. The number of nitrogens with zero attached hydrogens (tertiary/aromatic N) is 1. The quantitative estimate of drug-likeness (QED) is 0.541. The van der Waals surface area contributed by atoms with E-state index >= 15 is 0 Å². The molecule has 0 radical (unpaired) electrons. The van der Waals surface area contributed by atoms with Crippen LogP contribution in [0, 0.1) is 17.5 Å². The van der Waals surface area contributed by atoms with Crippen LogP contribution in [-0.4, -0.2) is 16.1 Å². The number of nitrogens with one attached hydrogen (secondary N) is 2. The molecule has 0 atom stereocenters. The molecule has 4 rings (SSSR count). The molecule has 0 fully saturated rings. The molecule has 0 bridgehead atoms. The van der Waals surface area contributed by atoms with Crippen LogP contribution in [0.5, 0.6) is 0 Å². The van der Waals surface area contributed by atoms with Gasteiger partial charge < -0.3 is 5.32 Å². The highest BCUT2D eigenvalue weighted by atomic mass is 19.1. The molecule has 0 spiro atoms. The van der Waals surface area contributed by atoms with Gasteiger partial charge in [0.2, 0.25) is 0 Å². The van der Waals surface area contributed by atoms with Gasteiger partial charge in [-0.2, -0.15) is 5.10 Å². The lowest BCUT2D eigenvalue weighted by Gasteiger charge is -2.05. The van der Waals surface area contributed by atoms with Crippen molar-refractivity contribution >= 4 is 22.6 Å². The van der Waals surface area contributed by atoms with Crippen molar-refractivity contribution in [1.82, 2.24) is 10.2 Å². The minimum atomic E-state index is -0.958. The number of rotatable bonds is 3. The van der Waals surface area contributed by atoms with Crippen LogP contribution in [0.4, 0.5) is 19.0 Å². The molecule has 4 aromatic rings. The first-order chi connectivity index (χ1) is 13.0. The van der Waals surface area contributed by atoms with Crippen LogP contribution in [0.2, 0.25) is 0 Å². The summed E-state index contributed by atoms with van der Waals surface area (Å²) in [5.41, 5.74) is 1.80. The number of aromatic nitrogens is 2. The number of halogens is 3. The van der Waals surface area contributed by atoms with Crippen molar-refractivity contribution in [3.63, 3.8) is 0 Å². The summed E-state index contributed by atoms with van der Waals surface area (Å²) in [5.74, 6) is -2.59. The van der Waals surface area contributed by atoms with Gasteiger partial charge in [0.15, 0.2) is 5.82 Å². The molecule has 1 aromatic heterocycles. The second-order valence-electron chi connectivity index (χ2n) is 5.92. The molecule has 1 heterocycles. The minimum absolute atomic E-state index is 0.213. The molecule has 27 heavy (non-hydrogen) atoms. The normalized spacial score (nSPS) is 10.9. The Balaban J connectivity index is 1.64. The van der Waals surface area contributed by atoms with Gasteiger partial charge in [0.25, 0.3) is 5.91 Å². The van der Waals surface area contributed by atoms with Crippen LogP contribution in [0.15, 0.2) is 60.7 Å². The minimum Gasteiger partial charge on any atom is -0.304 e. The monoisotopic (exact) mass is 367 g/mol. The van der Waals surface area contributed by atoms with Gasteiger partial charge in [0.05, 0.1) is 11.1 Å². The number of hydrogen-bond donors (Lipinski definition) is 2. The Labute approximate surface area is 151 Å². The van der Waals surface area contributed by atoms with Crippen molar-refractivity contribution < 1.29 is 18.0 Å². The molecule has 0 aliphatic heterocycles. The Morgan fingerprint density at radius 1 is 0.889 bits per heavy atom. The fourth-order valence-electron chi connectivity index (χ4n) is 2.81. The topological polar surface area (TPSA) is 57.8 Å². The van der Waals surface area contributed by atoms with Gasteiger partial charge in [0.1, 0.15) is 17.5 Å². The predicted molar refractivity (Wildman–Crippen MR) is 95.8 cm³/mol. The van der Waals surface area contributed by atoms with Crippen LogP contribution in [-0.2, 0) is 0 Å². The summed E-state index contributed by atoms with van der Waals surface area (Å²) < 4.78 is 40.2. The number of carbonyl (C=O) groups is 1. The second-order valence-corrected chi connectivity index (χ2v) is 5.92. The van der Waals surface area contributed by atoms with Crippen LogP contribution in [0.1, 0.15) is 10.4 Å². The third-order valence-electron chi connectivity index (χ3n) is 4.13. The Morgan fingerprint density at radius 2 is 1.67 bits per heavy atom. The Bertz CT molecular complexity index is 1170. The van der Waals surface area contributed by atoms with E-state index in [1.807, 2.05) is 0 Å². The lowest BCUT2D eigenvalue weighted by molar-refractivity contribution is 0.102. The summed E-state index contributed by atoms with van der Waals surface area (Å²) in [6.45, 7) is 0. The molecule has 0 saturated carbocycles. The van der Waals surface area contributed by atoms with Crippen molar-refractivity contribution in [2.75, 3.05) is 5.32 Å². The van der Waals surface area contributed by atoms with E-state index in [2.05, 4.69) is 15.5 Å². The van der Waals surface area contributed by atoms with Gasteiger partial charge in [0, 0.05) is 11.5 Å². The summed E-state index contributed by atoms with van der Waals surface area (Å²) >= 11 is 0. The molecule has 0 aliphatic rings. The number of aromatic amines is 1. The van der Waals surface area contributed by atoms with E-state index in [9.17, 15) is 18.0 Å².